The number of nitrogens with one attached hydrogen (secondary N) is 1. The van der Waals surface area contributed by atoms with Crippen LogP contribution in [0.15, 0.2) is 21.5 Å². The van der Waals surface area contributed by atoms with Crippen molar-refractivity contribution in [2.75, 3.05) is 0 Å². The van der Waals surface area contributed by atoms with Crippen LogP contribution in [0.5, 0.6) is 0 Å². The number of carboxylic acid groups (broad SMARTS) is 1. The van der Waals surface area contributed by atoms with E-state index in [1.807, 2.05) is 0 Å². The fraction of sp³-hybridized carbons (Fsp3) is 0.364. The molecule has 1 rings (SSSR count). The van der Waals surface area contributed by atoms with Crippen LogP contribution in [0.1, 0.15) is 20.3 Å². The van der Waals surface area contributed by atoms with E-state index in [1.165, 1.54) is 26.0 Å². The van der Waals surface area contributed by atoms with Crippen LogP contribution in [0.4, 0.5) is 0 Å². The Morgan fingerprint density at radius 1 is 1.35 bits per heavy atom. The monoisotopic (exact) mass is 403 g/mol. The maximum absolute atomic E-state index is 12.3. The van der Waals surface area contributed by atoms with Gasteiger partial charge in [0.1, 0.15) is 4.90 Å². The minimum absolute atomic E-state index is 0.0528. The van der Waals surface area contributed by atoms with Crippen LogP contribution in [0.3, 0.4) is 0 Å². The highest BCUT2D eigenvalue weighted by Crippen LogP contribution is 2.33. The zero-order valence-corrected chi connectivity index (χ0v) is 14.5. The molecule has 2 N–H and O–H groups in total. The SMILES string of the molecule is CC(C)(CC(=O)O)NS(=O)(=O)c1c(Cl)cc(Br)cc1Cl. The van der Waals surface area contributed by atoms with Crippen molar-refractivity contribution in [3.05, 3.63) is 26.7 Å². The number of carboxylic acids is 1. The lowest BCUT2D eigenvalue weighted by molar-refractivity contribution is -0.138. The van der Waals surface area contributed by atoms with E-state index >= 15 is 0 Å². The first-order valence-electron chi connectivity index (χ1n) is 5.35. The summed E-state index contributed by atoms with van der Waals surface area (Å²) in [5.74, 6) is -1.12. The van der Waals surface area contributed by atoms with Gasteiger partial charge in [-0.25, -0.2) is 13.1 Å². The number of rotatable bonds is 5. The first kappa shape index (κ1) is 17.7. The van der Waals surface area contributed by atoms with Crippen LogP contribution in [-0.2, 0) is 14.8 Å². The van der Waals surface area contributed by atoms with Crippen LogP contribution in [-0.4, -0.2) is 25.0 Å². The molecular weight excluding hydrogens is 393 g/mol. The van der Waals surface area contributed by atoms with Gasteiger partial charge in [0, 0.05) is 10.0 Å². The van der Waals surface area contributed by atoms with Crippen LogP contribution in [0.25, 0.3) is 0 Å². The molecule has 0 aromatic heterocycles. The van der Waals surface area contributed by atoms with Gasteiger partial charge in [-0.3, -0.25) is 4.79 Å². The summed E-state index contributed by atoms with van der Waals surface area (Å²) < 4.78 is 27.4. The Morgan fingerprint density at radius 3 is 2.20 bits per heavy atom. The zero-order valence-electron chi connectivity index (χ0n) is 10.6. The third-order valence-electron chi connectivity index (χ3n) is 2.24. The van der Waals surface area contributed by atoms with Crippen molar-refractivity contribution < 1.29 is 18.3 Å². The van der Waals surface area contributed by atoms with Gasteiger partial charge in [0.2, 0.25) is 10.0 Å². The molecule has 0 fully saturated rings. The summed E-state index contributed by atoms with van der Waals surface area (Å²) in [6, 6.07) is 2.79. The Bertz CT molecular complexity index is 623. The third kappa shape index (κ3) is 4.60. The molecule has 0 heterocycles. The number of halogens is 3. The second kappa shape index (κ2) is 6.19. The van der Waals surface area contributed by atoms with Crippen molar-refractivity contribution in [2.24, 2.45) is 0 Å². The standard InChI is InChI=1S/C11H12BrCl2NO4S/c1-11(2,5-9(16)17)15-20(18,19)10-7(13)3-6(12)4-8(10)14/h3-4,15H,5H2,1-2H3,(H,16,17). The van der Waals surface area contributed by atoms with E-state index in [2.05, 4.69) is 20.7 Å². The van der Waals surface area contributed by atoms with E-state index in [9.17, 15) is 13.2 Å². The van der Waals surface area contributed by atoms with Gasteiger partial charge in [-0.1, -0.05) is 39.1 Å². The van der Waals surface area contributed by atoms with Crippen molar-refractivity contribution in [3.8, 4) is 0 Å². The quantitative estimate of drug-likeness (QED) is 0.788. The first-order chi connectivity index (χ1) is 8.94. The first-order valence-corrected chi connectivity index (χ1v) is 8.38. The molecule has 20 heavy (non-hydrogen) atoms. The molecule has 0 unspecified atom stereocenters. The Hall–Kier alpha value is -0.340. The van der Waals surface area contributed by atoms with Crippen molar-refractivity contribution >= 4 is 55.1 Å². The molecule has 0 aliphatic heterocycles. The van der Waals surface area contributed by atoms with Crippen LogP contribution in [0, 0.1) is 0 Å². The highest BCUT2D eigenvalue weighted by molar-refractivity contribution is 9.10. The van der Waals surface area contributed by atoms with Crippen LogP contribution >= 0.6 is 39.1 Å². The van der Waals surface area contributed by atoms with Gasteiger partial charge in [0.05, 0.1) is 16.5 Å². The van der Waals surface area contributed by atoms with Gasteiger partial charge in [0.25, 0.3) is 0 Å². The van der Waals surface area contributed by atoms with E-state index in [1.54, 1.807) is 0 Å². The Morgan fingerprint density at radius 2 is 1.80 bits per heavy atom. The number of carbonyl (C=O) groups is 1. The van der Waals surface area contributed by atoms with E-state index in [4.69, 9.17) is 28.3 Å². The Labute approximate surface area is 135 Å². The molecule has 1 aromatic rings. The smallest absolute Gasteiger partial charge is 0.305 e. The highest BCUT2D eigenvalue weighted by atomic mass is 79.9. The Balaban J connectivity index is 3.22. The third-order valence-corrected chi connectivity index (χ3v) is 5.31. The summed E-state index contributed by atoms with van der Waals surface area (Å²) in [6.45, 7) is 2.92. The lowest BCUT2D eigenvalue weighted by Gasteiger charge is -2.24. The fourth-order valence-corrected chi connectivity index (χ4v) is 4.97. The molecule has 0 atom stereocenters. The zero-order chi connectivity index (χ0) is 15.7. The topological polar surface area (TPSA) is 83.5 Å². The predicted octanol–water partition coefficient (Wildman–Crippen LogP) is 3.29. The van der Waals surface area contributed by atoms with Crippen molar-refractivity contribution in [1.29, 1.82) is 0 Å². The van der Waals surface area contributed by atoms with Crippen LogP contribution < -0.4 is 4.72 Å². The number of sulfonamides is 1. The molecule has 0 bridgehead atoms. The largest absolute Gasteiger partial charge is 0.481 e. The van der Waals surface area contributed by atoms with Gasteiger partial charge in [-0.15, -0.1) is 0 Å². The van der Waals surface area contributed by atoms with Gasteiger partial charge in [0.15, 0.2) is 0 Å². The van der Waals surface area contributed by atoms with E-state index in [-0.39, 0.29) is 21.4 Å². The number of hydrogen-bond donors (Lipinski definition) is 2. The van der Waals surface area contributed by atoms with Crippen molar-refractivity contribution in [2.45, 2.75) is 30.7 Å². The number of hydrogen-bond acceptors (Lipinski definition) is 3. The molecule has 0 aliphatic rings. The van der Waals surface area contributed by atoms with Crippen molar-refractivity contribution in [3.63, 3.8) is 0 Å². The van der Waals surface area contributed by atoms with E-state index in [0.29, 0.717) is 4.47 Å². The lowest BCUT2D eigenvalue weighted by atomic mass is 10.0. The molecule has 0 aliphatic carbocycles. The lowest BCUT2D eigenvalue weighted by Crippen LogP contribution is -2.44. The molecular formula is C11H12BrCl2NO4S. The predicted molar refractivity (Wildman–Crippen MR) is 80.8 cm³/mol. The average molecular weight is 405 g/mol. The van der Waals surface area contributed by atoms with Crippen molar-refractivity contribution in [1.82, 2.24) is 4.72 Å². The second-order valence-electron chi connectivity index (χ2n) is 4.76. The minimum Gasteiger partial charge on any atom is -0.481 e. The summed E-state index contributed by atoms with van der Waals surface area (Å²) in [5.41, 5.74) is -1.18. The molecule has 0 amide bonds. The summed E-state index contributed by atoms with van der Waals surface area (Å²) in [5, 5.41) is 8.66. The molecule has 0 saturated carbocycles. The molecule has 0 radical (unpaired) electrons. The molecule has 1 aromatic carbocycles. The molecule has 112 valence electrons. The second-order valence-corrected chi connectivity index (χ2v) is 8.11. The van der Waals surface area contributed by atoms with Gasteiger partial charge >= 0.3 is 5.97 Å². The average Bonchev–Trinajstić information content (AvgIpc) is 2.08. The maximum Gasteiger partial charge on any atom is 0.305 e. The molecule has 5 nitrogen and oxygen atoms in total. The highest BCUT2D eigenvalue weighted by Gasteiger charge is 2.31. The number of aliphatic carboxylic acids is 1. The minimum atomic E-state index is -4.04. The normalized spacial score (nSPS) is 12.4. The Kier molecular flexibility index (Phi) is 5.48. The van der Waals surface area contributed by atoms with E-state index in [0.717, 1.165) is 0 Å². The van der Waals surface area contributed by atoms with Crippen LogP contribution in [0.2, 0.25) is 10.0 Å². The molecule has 0 saturated heterocycles. The molecule has 0 spiro atoms. The fourth-order valence-electron chi connectivity index (χ4n) is 1.61. The van der Waals surface area contributed by atoms with Gasteiger partial charge < -0.3 is 5.11 Å². The van der Waals surface area contributed by atoms with Gasteiger partial charge in [-0.2, -0.15) is 0 Å². The summed E-state index contributed by atoms with van der Waals surface area (Å²) >= 11 is 15.0. The van der Waals surface area contributed by atoms with E-state index < -0.39 is 21.5 Å². The summed E-state index contributed by atoms with van der Waals surface area (Å²) in [6.07, 6.45) is -0.377. The number of benzene rings is 1. The molecule has 9 heteroatoms. The summed E-state index contributed by atoms with van der Waals surface area (Å²) in [7, 11) is -4.04. The van der Waals surface area contributed by atoms with Gasteiger partial charge in [-0.05, 0) is 26.0 Å². The summed E-state index contributed by atoms with van der Waals surface area (Å²) in [4.78, 5) is 10.4. The maximum atomic E-state index is 12.3.